The van der Waals surface area contributed by atoms with Crippen LogP contribution in [0.3, 0.4) is 0 Å². The van der Waals surface area contributed by atoms with Crippen molar-refractivity contribution in [1.29, 1.82) is 0 Å². The molecule has 0 aliphatic carbocycles. The van der Waals surface area contributed by atoms with Crippen LogP contribution in [0.1, 0.15) is 20.8 Å². The molecule has 1 aromatic carbocycles. The smallest absolute Gasteiger partial charge is 0.273 e. The highest BCUT2D eigenvalue weighted by Crippen LogP contribution is 2.28. The number of hydrogen-bond acceptors (Lipinski definition) is 7. The highest BCUT2D eigenvalue weighted by Gasteiger charge is 2.17. The fraction of sp³-hybridized carbons (Fsp3) is 0.353. The number of amides is 2. The number of carbonyl (C=O) groups excluding carboxylic acids is 2. The molecule has 0 aliphatic heterocycles. The van der Waals surface area contributed by atoms with Gasteiger partial charge in [-0.15, -0.1) is 11.3 Å². The summed E-state index contributed by atoms with van der Waals surface area (Å²) < 4.78 is 10.4. The van der Waals surface area contributed by atoms with E-state index in [0.29, 0.717) is 41.0 Å². The molecule has 2 aromatic rings. The minimum atomic E-state index is -0.345. The third-order valence-electron chi connectivity index (χ3n) is 3.63. The molecule has 8 nitrogen and oxygen atoms in total. The summed E-state index contributed by atoms with van der Waals surface area (Å²) in [5, 5.41) is 7.66. The third-order valence-corrected chi connectivity index (χ3v) is 4.39. The maximum Gasteiger partial charge on any atom is 0.273 e. The zero-order chi connectivity index (χ0) is 19.1. The lowest BCUT2D eigenvalue weighted by Gasteiger charge is -2.15. The largest absolute Gasteiger partial charge is 0.493 e. The van der Waals surface area contributed by atoms with E-state index in [1.165, 1.54) is 25.6 Å². The molecule has 0 bridgehead atoms. The molecule has 2 amide bonds. The van der Waals surface area contributed by atoms with E-state index >= 15 is 0 Å². The maximum atomic E-state index is 12.4. The number of ether oxygens (including phenoxy) is 2. The van der Waals surface area contributed by atoms with Gasteiger partial charge in [0.15, 0.2) is 16.6 Å². The van der Waals surface area contributed by atoms with Crippen molar-refractivity contribution < 1.29 is 19.1 Å². The Morgan fingerprint density at radius 1 is 1.23 bits per heavy atom. The molecule has 1 aromatic heterocycles. The van der Waals surface area contributed by atoms with E-state index in [0.717, 1.165) is 0 Å². The maximum absolute atomic E-state index is 12.4. The number of benzene rings is 1. The highest BCUT2D eigenvalue weighted by atomic mass is 32.1. The fourth-order valence-electron chi connectivity index (χ4n) is 2.15. The number of aromatic nitrogens is 1. The van der Waals surface area contributed by atoms with Gasteiger partial charge in [0.25, 0.3) is 11.8 Å². The molecule has 0 saturated heterocycles. The molecule has 140 valence electrons. The first-order valence-electron chi connectivity index (χ1n) is 7.89. The SMILES string of the molecule is CNCCN(C)C(=O)c1csc(NC(=O)c2ccc(OC)c(OC)c2)n1. The van der Waals surface area contributed by atoms with Gasteiger partial charge in [-0.05, 0) is 25.2 Å². The van der Waals surface area contributed by atoms with E-state index < -0.39 is 0 Å². The van der Waals surface area contributed by atoms with Crippen LogP contribution in [0.4, 0.5) is 5.13 Å². The topological polar surface area (TPSA) is 92.8 Å². The Morgan fingerprint density at radius 2 is 1.96 bits per heavy atom. The van der Waals surface area contributed by atoms with E-state index in [2.05, 4.69) is 15.6 Å². The van der Waals surface area contributed by atoms with Crippen LogP contribution >= 0.6 is 11.3 Å². The van der Waals surface area contributed by atoms with E-state index in [-0.39, 0.29) is 11.8 Å². The average molecular weight is 378 g/mol. The normalized spacial score (nSPS) is 10.3. The van der Waals surface area contributed by atoms with Crippen LogP contribution in [-0.4, -0.2) is 63.1 Å². The predicted molar refractivity (Wildman–Crippen MR) is 101 cm³/mol. The van der Waals surface area contributed by atoms with Gasteiger partial charge in [-0.1, -0.05) is 0 Å². The quantitative estimate of drug-likeness (QED) is 0.726. The van der Waals surface area contributed by atoms with Crippen molar-refractivity contribution in [3.63, 3.8) is 0 Å². The molecular weight excluding hydrogens is 356 g/mol. The molecular formula is C17H22N4O4S. The summed E-state index contributed by atoms with van der Waals surface area (Å²) in [6.07, 6.45) is 0. The molecule has 1 heterocycles. The minimum Gasteiger partial charge on any atom is -0.493 e. The van der Waals surface area contributed by atoms with Crippen LogP contribution in [0.15, 0.2) is 23.6 Å². The van der Waals surface area contributed by atoms with Gasteiger partial charge in [0, 0.05) is 31.1 Å². The van der Waals surface area contributed by atoms with Crippen molar-refractivity contribution in [3.05, 3.63) is 34.8 Å². The number of rotatable bonds is 8. The number of methoxy groups -OCH3 is 2. The van der Waals surface area contributed by atoms with Gasteiger partial charge in [-0.25, -0.2) is 4.98 Å². The Balaban J connectivity index is 2.06. The first-order chi connectivity index (χ1) is 12.5. The molecule has 0 unspecified atom stereocenters. The highest BCUT2D eigenvalue weighted by molar-refractivity contribution is 7.14. The first kappa shape index (κ1) is 19.7. The van der Waals surface area contributed by atoms with Crippen LogP contribution in [-0.2, 0) is 0 Å². The van der Waals surface area contributed by atoms with Crippen LogP contribution in [0, 0.1) is 0 Å². The first-order valence-corrected chi connectivity index (χ1v) is 8.77. The third kappa shape index (κ3) is 4.70. The Bertz CT molecular complexity index is 778. The lowest BCUT2D eigenvalue weighted by atomic mass is 10.2. The van der Waals surface area contributed by atoms with Gasteiger partial charge in [0.2, 0.25) is 0 Å². The van der Waals surface area contributed by atoms with E-state index in [9.17, 15) is 9.59 Å². The van der Waals surface area contributed by atoms with Gasteiger partial charge in [-0.2, -0.15) is 0 Å². The molecule has 9 heteroatoms. The van der Waals surface area contributed by atoms with Gasteiger partial charge in [0.05, 0.1) is 14.2 Å². The van der Waals surface area contributed by atoms with Gasteiger partial charge < -0.3 is 19.7 Å². The second-order valence-corrected chi connectivity index (χ2v) is 6.25. The molecule has 2 rings (SSSR count). The van der Waals surface area contributed by atoms with Gasteiger partial charge >= 0.3 is 0 Å². The minimum absolute atomic E-state index is 0.192. The van der Waals surface area contributed by atoms with E-state index in [4.69, 9.17) is 9.47 Å². The Hall–Kier alpha value is -2.65. The molecule has 26 heavy (non-hydrogen) atoms. The van der Waals surface area contributed by atoms with Crippen LogP contribution in [0.25, 0.3) is 0 Å². The lowest BCUT2D eigenvalue weighted by Crippen LogP contribution is -2.32. The second-order valence-electron chi connectivity index (χ2n) is 5.39. The summed E-state index contributed by atoms with van der Waals surface area (Å²) >= 11 is 1.20. The lowest BCUT2D eigenvalue weighted by molar-refractivity contribution is 0.0791. The summed E-state index contributed by atoms with van der Waals surface area (Å²) in [5.41, 5.74) is 0.702. The summed E-state index contributed by atoms with van der Waals surface area (Å²) in [7, 11) is 6.56. The Kier molecular flexibility index (Phi) is 6.93. The number of anilines is 1. The molecule has 0 radical (unpaired) electrons. The van der Waals surface area contributed by atoms with Crippen molar-refractivity contribution in [3.8, 4) is 11.5 Å². The fourth-order valence-corrected chi connectivity index (χ4v) is 2.83. The predicted octanol–water partition coefficient (Wildman–Crippen LogP) is 1.70. The standard InChI is InChI=1S/C17H22N4O4S/c1-18-7-8-21(2)16(23)12-10-26-17(19-12)20-15(22)11-5-6-13(24-3)14(9-11)25-4/h5-6,9-10,18H,7-8H2,1-4H3,(H,19,20,22). The van der Waals surface area contributed by atoms with Crippen LogP contribution in [0.5, 0.6) is 11.5 Å². The zero-order valence-corrected chi connectivity index (χ0v) is 16.0. The van der Waals surface area contributed by atoms with Gasteiger partial charge in [-0.3, -0.25) is 14.9 Å². The zero-order valence-electron chi connectivity index (χ0n) is 15.2. The molecule has 0 spiro atoms. The number of nitrogens with zero attached hydrogens (tertiary/aromatic N) is 2. The van der Waals surface area contributed by atoms with Crippen LogP contribution in [0.2, 0.25) is 0 Å². The second kappa shape index (κ2) is 9.16. The van der Waals surface area contributed by atoms with E-state index in [1.807, 2.05) is 7.05 Å². The number of thiazole rings is 1. The van der Waals surface area contributed by atoms with Crippen molar-refractivity contribution >= 4 is 28.3 Å². The summed E-state index contributed by atoms with van der Waals surface area (Å²) in [6.45, 7) is 1.26. The average Bonchev–Trinajstić information content (AvgIpc) is 3.13. The summed E-state index contributed by atoms with van der Waals surface area (Å²) in [4.78, 5) is 30.4. The monoisotopic (exact) mass is 378 g/mol. The van der Waals surface area contributed by atoms with Crippen molar-refractivity contribution in [2.75, 3.05) is 46.7 Å². The van der Waals surface area contributed by atoms with Crippen molar-refractivity contribution in [2.24, 2.45) is 0 Å². The van der Waals surface area contributed by atoms with E-state index in [1.54, 1.807) is 35.5 Å². The Morgan fingerprint density at radius 3 is 2.62 bits per heavy atom. The number of likely N-dealkylation sites (N-methyl/N-ethyl adjacent to an activating group) is 2. The number of nitrogens with one attached hydrogen (secondary N) is 2. The Labute approximate surface area is 156 Å². The number of hydrogen-bond donors (Lipinski definition) is 2. The summed E-state index contributed by atoms with van der Waals surface area (Å²) in [5.74, 6) is 0.461. The van der Waals surface area contributed by atoms with Crippen molar-refractivity contribution in [2.45, 2.75) is 0 Å². The molecule has 0 aliphatic rings. The molecule has 0 atom stereocenters. The number of carbonyl (C=O) groups is 2. The molecule has 0 saturated carbocycles. The summed E-state index contributed by atoms with van der Waals surface area (Å²) in [6, 6.07) is 4.86. The molecule has 2 N–H and O–H groups in total. The van der Waals surface area contributed by atoms with Gasteiger partial charge in [0.1, 0.15) is 5.69 Å². The van der Waals surface area contributed by atoms with Crippen LogP contribution < -0.4 is 20.1 Å². The molecule has 0 fully saturated rings. The van der Waals surface area contributed by atoms with Crippen molar-refractivity contribution in [1.82, 2.24) is 15.2 Å².